The van der Waals surface area contributed by atoms with E-state index < -0.39 is 35.6 Å². The van der Waals surface area contributed by atoms with Crippen LogP contribution in [0, 0.1) is 10.1 Å². The largest absolute Gasteiger partial charge is 0.290 e. The number of nitro benzene ring substituents is 1. The Balaban J connectivity index is 1.83. The molecule has 0 aliphatic carbocycles. The summed E-state index contributed by atoms with van der Waals surface area (Å²) < 4.78 is 53.1. The molecule has 1 saturated heterocycles. The van der Waals surface area contributed by atoms with E-state index in [2.05, 4.69) is 4.98 Å². The Morgan fingerprint density at radius 3 is 2.14 bits per heavy atom. The van der Waals surface area contributed by atoms with Crippen molar-refractivity contribution < 1.29 is 21.8 Å². The number of hydrogen-bond acceptors (Lipinski definition) is 7. The van der Waals surface area contributed by atoms with E-state index in [1.807, 2.05) is 0 Å². The molecule has 1 fully saturated rings. The molecule has 1 aromatic carbocycles. The van der Waals surface area contributed by atoms with Gasteiger partial charge < -0.3 is 0 Å². The molecule has 0 amide bonds. The highest BCUT2D eigenvalue weighted by molar-refractivity contribution is 7.89. The van der Waals surface area contributed by atoms with E-state index in [4.69, 9.17) is 11.6 Å². The molecule has 13 heteroatoms. The van der Waals surface area contributed by atoms with Gasteiger partial charge in [0.15, 0.2) is 4.90 Å². The lowest BCUT2D eigenvalue weighted by molar-refractivity contribution is -0.387. The molecule has 1 aliphatic rings. The molecule has 3 rings (SSSR count). The molecule has 1 aliphatic heterocycles. The van der Waals surface area contributed by atoms with Crippen LogP contribution in [0.5, 0.6) is 0 Å². The Morgan fingerprint density at radius 1 is 1.00 bits per heavy atom. The summed E-state index contributed by atoms with van der Waals surface area (Å²) >= 11 is 5.73. The zero-order valence-corrected chi connectivity index (χ0v) is 16.7. The number of sulfonamides is 2. The third-order valence-corrected chi connectivity index (χ3v) is 8.27. The highest BCUT2D eigenvalue weighted by Gasteiger charge is 2.36. The van der Waals surface area contributed by atoms with E-state index in [1.54, 1.807) is 0 Å². The maximum atomic E-state index is 12.9. The van der Waals surface area contributed by atoms with Crippen LogP contribution in [0.3, 0.4) is 0 Å². The summed E-state index contributed by atoms with van der Waals surface area (Å²) in [7, 11) is -7.99. The van der Waals surface area contributed by atoms with Crippen LogP contribution < -0.4 is 0 Å². The van der Waals surface area contributed by atoms with Gasteiger partial charge in [-0.25, -0.2) is 16.8 Å². The Kier molecular flexibility index (Phi) is 5.68. The zero-order chi connectivity index (χ0) is 20.5. The fourth-order valence-corrected chi connectivity index (χ4v) is 5.90. The lowest BCUT2D eigenvalue weighted by Gasteiger charge is -2.33. The third kappa shape index (κ3) is 3.86. The summed E-state index contributed by atoms with van der Waals surface area (Å²) in [4.78, 5) is 13.7. The summed E-state index contributed by atoms with van der Waals surface area (Å²) in [5, 5.41) is 11.3. The van der Waals surface area contributed by atoms with E-state index in [-0.39, 0.29) is 36.1 Å². The fourth-order valence-electron chi connectivity index (χ4n) is 2.79. The molecule has 0 saturated carbocycles. The molecule has 2 heterocycles. The first-order valence-electron chi connectivity index (χ1n) is 7.98. The summed E-state index contributed by atoms with van der Waals surface area (Å²) in [6, 6.07) is 6.20. The number of pyridine rings is 1. The minimum atomic E-state index is -4.19. The summed E-state index contributed by atoms with van der Waals surface area (Å²) in [6.45, 7) is -0.446. The first-order valence-corrected chi connectivity index (χ1v) is 11.2. The highest BCUT2D eigenvalue weighted by Crippen LogP contribution is 2.30. The predicted octanol–water partition coefficient (Wildman–Crippen LogP) is 1.34. The second-order valence-corrected chi connectivity index (χ2v) is 10.1. The van der Waals surface area contributed by atoms with Gasteiger partial charge in [-0.1, -0.05) is 11.6 Å². The first-order chi connectivity index (χ1) is 13.1. The van der Waals surface area contributed by atoms with Crippen molar-refractivity contribution in [3.63, 3.8) is 0 Å². The fraction of sp³-hybridized carbons (Fsp3) is 0.267. The SMILES string of the molecule is O=[N+]([O-])c1cc(Cl)ccc1S(=O)(=O)N1CCN(S(=O)(=O)c2cccnc2)CC1. The van der Waals surface area contributed by atoms with Gasteiger partial charge >= 0.3 is 0 Å². The minimum Gasteiger partial charge on any atom is -0.263 e. The number of rotatable bonds is 5. The van der Waals surface area contributed by atoms with Gasteiger partial charge in [-0.15, -0.1) is 0 Å². The van der Waals surface area contributed by atoms with E-state index in [1.165, 1.54) is 30.6 Å². The van der Waals surface area contributed by atoms with Crippen LogP contribution in [-0.4, -0.2) is 61.5 Å². The standard InChI is InChI=1S/C15H15ClN4O6S2/c16-12-3-4-15(14(10-12)20(21)22)28(25,26)19-8-6-18(7-9-19)27(23,24)13-2-1-5-17-11-13/h1-5,10-11H,6-9H2. The minimum absolute atomic E-state index is 0.0136. The van der Waals surface area contributed by atoms with Crippen LogP contribution in [0.25, 0.3) is 0 Å². The Labute approximate surface area is 166 Å². The van der Waals surface area contributed by atoms with Crippen molar-refractivity contribution in [2.45, 2.75) is 9.79 Å². The van der Waals surface area contributed by atoms with Crippen molar-refractivity contribution in [3.05, 3.63) is 57.9 Å². The van der Waals surface area contributed by atoms with Crippen molar-refractivity contribution >= 4 is 37.3 Å². The summed E-state index contributed by atoms with van der Waals surface area (Å²) in [5.41, 5.74) is -0.627. The van der Waals surface area contributed by atoms with Gasteiger partial charge in [-0.3, -0.25) is 15.1 Å². The maximum Gasteiger partial charge on any atom is 0.290 e. The van der Waals surface area contributed by atoms with E-state index >= 15 is 0 Å². The van der Waals surface area contributed by atoms with E-state index in [0.717, 1.165) is 20.7 Å². The molecule has 10 nitrogen and oxygen atoms in total. The van der Waals surface area contributed by atoms with Gasteiger partial charge in [0.25, 0.3) is 5.69 Å². The van der Waals surface area contributed by atoms with Crippen LogP contribution >= 0.6 is 11.6 Å². The van der Waals surface area contributed by atoms with Gasteiger partial charge in [0.2, 0.25) is 20.0 Å². The predicted molar refractivity (Wildman–Crippen MR) is 99.9 cm³/mol. The van der Waals surface area contributed by atoms with Crippen LogP contribution in [0.2, 0.25) is 5.02 Å². The quantitative estimate of drug-likeness (QED) is 0.500. The topological polar surface area (TPSA) is 131 Å². The molecule has 0 atom stereocenters. The van der Waals surface area contributed by atoms with Gasteiger partial charge in [-0.05, 0) is 24.3 Å². The highest BCUT2D eigenvalue weighted by atomic mass is 35.5. The van der Waals surface area contributed by atoms with Crippen LogP contribution in [0.1, 0.15) is 0 Å². The summed E-state index contributed by atoms with van der Waals surface area (Å²) in [5.74, 6) is 0. The van der Waals surface area contributed by atoms with Crippen LogP contribution in [0.15, 0.2) is 52.5 Å². The zero-order valence-electron chi connectivity index (χ0n) is 14.3. The van der Waals surface area contributed by atoms with Crippen molar-refractivity contribution in [2.75, 3.05) is 26.2 Å². The molecule has 28 heavy (non-hydrogen) atoms. The van der Waals surface area contributed by atoms with Gasteiger partial charge in [-0.2, -0.15) is 8.61 Å². The van der Waals surface area contributed by atoms with Gasteiger partial charge in [0.1, 0.15) is 4.90 Å². The number of nitrogens with zero attached hydrogens (tertiary/aromatic N) is 4. The molecule has 0 spiro atoms. The molecule has 0 N–H and O–H groups in total. The number of hydrogen-bond donors (Lipinski definition) is 0. The van der Waals surface area contributed by atoms with Crippen molar-refractivity contribution in [1.82, 2.24) is 13.6 Å². The number of nitro groups is 1. The van der Waals surface area contributed by atoms with Gasteiger partial charge in [0.05, 0.1) is 4.92 Å². The molecule has 1 aromatic heterocycles. The van der Waals surface area contributed by atoms with E-state index in [0.29, 0.717) is 0 Å². The maximum absolute atomic E-state index is 12.9. The molecular formula is C15H15ClN4O6S2. The molecule has 150 valence electrons. The lowest BCUT2D eigenvalue weighted by atomic mass is 10.3. The van der Waals surface area contributed by atoms with Crippen LogP contribution in [0.4, 0.5) is 5.69 Å². The molecule has 0 radical (unpaired) electrons. The van der Waals surface area contributed by atoms with E-state index in [9.17, 15) is 26.9 Å². The Morgan fingerprint density at radius 2 is 1.61 bits per heavy atom. The van der Waals surface area contributed by atoms with Crippen LogP contribution in [-0.2, 0) is 20.0 Å². The van der Waals surface area contributed by atoms with Crippen molar-refractivity contribution in [2.24, 2.45) is 0 Å². The number of benzene rings is 1. The Bertz CT molecular complexity index is 1100. The van der Waals surface area contributed by atoms with Gasteiger partial charge in [0, 0.05) is 49.7 Å². The molecular weight excluding hydrogens is 432 g/mol. The summed E-state index contributed by atoms with van der Waals surface area (Å²) in [6.07, 6.45) is 2.66. The molecule has 2 aromatic rings. The second-order valence-electron chi connectivity index (χ2n) is 5.87. The normalized spacial score (nSPS) is 16.8. The average Bonchev–Trinajstić information content (AvgIpc) is 2.68. The monoisotopic (exact) mass is 446 g/mol. The van der Waals surface area contributed by atoms with Crippen molar-refractivity contribution in [3.8, 4) is 0 Å². The third-order valence-electron chi connectivity index (χ3n) is 4.21. The first kappa shape index (κ1) is 20.6. The second kappa shape index (κ2) is 7.72. The molecule has 0 bridgehead atoms. The lowest BCUT2D eigenvalue weighted by Crippen LogP contribution is -2.50. The number of piperazine rings is 1. The van der Waals surface area contributed by atoms with Crippen molar-refractivity contribution in [1.29, 1.82) is 0 Å². The number of halogens is 1. The Hall–Kier alpha value is -2.12. The molecule has 0 unspecified atom stereocenters. The average molecular weight is 447 g/mol. The number of aromatic nitrogens is 1. The smallest absolute Gasteiger partial charge is 0.263 e.